The number of benzene rings is 1. The van der Waals surface area contributed by atoms with Crippen LogP contribution in [0.4, 0.5) is 0 Å². The Hall–Kier alpha value is -0.620. The summed E-state index contributed by atoms with van der Waals surface area (Å²) in [5.74, 6) is 0.432. The largest absolute Gasteiger partial charge is 0.379 e. The van der Waals surface area contributed by atoms with Gasteiger partial charge >= 0.3 is 0 Å². The Labute approximate surface area is 118 Å². The van der Waals surface area contributed by atoms with Crippen LogP contribution in [0.5, 0.6) is 0 Å². The van der Waals surface area contributed by atoms with Crippen LogP contribution in [0.25, 0.3) is 0 Å². The van der Waals surface area contributed by atoms with E-state index < -0.39 is 15.1 Å². The van der Waals surface area contributed by atoms with Crippen LogP contribution >= 0.6 is 11.6 Å². The second-order valence-electron chi connectivity index (χ2n) is 5.08. The SMILES string of the molecule is O=S(=O)(c1ccc(C2CCNC2)cc1Cl)C1COC1. The summed E-state index contributed by atoms with van der Waals surface area (Å²) in [5, 5.41) is 3.18. The standard InChI is InChI=1S/C13H16ClNO3S/c14-12-5-9(10-3-4-15-6-10)1-2-13(12)19(16,17)11-7-18-8-11/h1-2,5,10-11,15H,3-4,6-8H2. The highest BCUT2D eigenvalue weighted by molar-refractivity contribution is 7.92. The molecule has 0 amide bonds. The van der Waals surface area contributed by atoms with Crippen LogP contribution in [0.3, 0.4) is 0 Å². The van der Waals surface area contributed by atoms with Gasteiger partial charge in [-0.05, 0) is 36.6 Å². The van der Waals surface area contributed by atoms with E-state index >= 15 is 0 Å². The van der Waals surface area contributed by atoms with E-state index in [0.717, 1.165) is 25.1 Å². The van der Waals surface area contributed by atoms with Gasteiger partial charge in [-0.1, -0.05) is 17.7 Å². The van der Waals surface area contributed by atoms with Crippen molar-refractivity contribution in [2.24, 2.45) is 0 Å². The highest BCUT2D eigenvalue weighted by atomic mass is 35.5. The van der Waals surface area contributed by atoms with Gasteiger partial charge in [-0.25, -0.2) is 8.42 Å². The van der Waals surface area contributed by atoms with E-state index in [1.807, 2.05) is 6.07 Å². The molecule has 0 radical (unpaired) electrons. The summed E-state index contributed by atoms with van der Waals surface area (Å²) in [5.41, 5.74) is 1.11. The minimum Gasteiger partial charge on any atom is -0.379 e. The quantitative estimate of drug-likeness (QED) is 0.921. The van der Waals surface area contributed by atoms with Gasteiger partial charge in [-0.15, -0.1) is 0 Å². The van der Waals surface area contributed by atoms with Gasteiger partial charge in [0.1, 0.15) is 5.25 Å². The van der Waals surface area contributed by atoms with E-state index in [9.17, 15) is 8.42 Å². The molecule has 2 saturated heterocycles. The van der Waals surface area contributed by atoms with Crippen molar-refractivity contribution in [2.45, 2.75) is 22.5 Å². The van der Waals surface area contributed by atoms with Gasteiger partial charge in [0.15, 0.2) is 9.84 Å². The Balaban J connectivity index is 1.91. The smallest absolute Gasteiger partial charge is 0.187 e. The van der Waals surface area contributed by atoms with Crippen molar-refractivity contribution in [3.8, 4) is 0 Å². The Morgan fingerprint density at radius 1 is 1.32 bits per heavy atom. The topological polar surface area (TPSA) is 55.4 Å². The van der Waals surface area contributed by atoms with Crippen LogP contribution < -0.4 is 5.32 Å². The van der Waals surface area contributed by atoms with E-state index in [0.29, 0.717) is 10.9 Å². The zero-order valence-corrected chi connectivity index (χ0v) is 12.0. The number of nitrogens with one attached hydrogen (secondary N) is 1. The third-order valence-corrected chi connectivity index (χ3v) is 6.38. The minimum atomic E-state index is -3.35. The van der Waals surface area contributed by atoms with Crippen LogP contribution in [0.15, 0.2) is 23.1 Å². The molecule has 1 atom stereocenters. The first-order chi connectivity index (χ1) is 9.09. The molecule has 1 aromatic carbocycles. The first-order valence-corrected chi connectivity index (χ1v) is 8.33. The molecule has 1 N–H and O–H groups in total. The first-order valence-electron chi connectivity index (χ1n) is 6.41. The van der Waals surface area contributed by atoms with Crippen molar-refractivity contribution in [3.05, 3.63) is 28.8 Å². The molecule has 2 aliphatic rings. The third-order valence-electron chi connectivity index (χ3n) is 3.84. The first kappa shape index (κ1) is 13.4. The highest BCUT2D eigenvalue weighted by Crippen LogP contribution is 2.32. The van der Waals surface area contributed by atoms with Gasteiger partial charge in [0.25, 0.3) is 0 Å². The third kappa shape index (κ3) is 2.40. The normalized spacial score (nSPS) is 24.4. The summed E-state index contributed by atoms with van der Waals surface area (Å²) >= 11 is 6.18. The summed E-state index contributed by atoms with van der Waals surface area (Å²) in [7, 11) is -3.35. The number of hydrogen-bond donors (Lipinski definition) is 1. The van der Waals surface area contributed by atoms with E-state index in [4.69, 9.17) is 16.3 Å². The number of rotatable bonds is 3. The molecule has 2 fully saturated rings. The van der Waals surface area contributed by atoms with Gasteiger partial charge in [0.2, 0.25) is 0 Å². The summed E-state index contributed by atoms with van der Waals surface area (Å²) < 4.78 is 29.5. The van der Waals surface area contributed by atoms with Crippen LogP contribution in [0, 0.1) is 0 Å². The molecular formula is C13H16ClNO3S. The summed E-state index contributed by atoms with van der Waals surface area (Å²) in [6.07, 6.45) is 1.07. The van der Waals surface area contributed by atoms with Crippen LogP contribution in [-0.2, 0) is 14.6 Å². The van der Waals surface area contributed by atoms with Crippen molar-refractivity contribution in [3.63, 3.8) is 0 Å². The molecule has 104 valence electrons. The van der Waals surface area contributed by atoms with Crippen molar-refractivity contribution >= 4 is 21.4 Å². The van der Waals surface area contributed by atoms with Crippen LogP contribution in [-0.4, -0.2) is 40.0 Å². The molecule has 1 aromatic rings. The molecule has 0 spiro atoms. The van der Waals surface area contributed by atoms with Crippen molar-refractivity contribution in [2.75, 3.05) is 26.3 Å². The lowest BCUT2D eigenvalue weighted by molar-refractivity contribution is 0.0416. The Morgan fingerprint density at radius 2 is 2.11 bits per heavy atom. The predicted octanol–water partition coefficient (Wildman–Crippen LogP) is 1.59. The maximum atomic E-state index is 12.3. The average molecular weight is 302 g/mol. The lowest BCUT2D eigenvalue weighted by atomic mass is 9.99. The van der Waals surface area contributed by atoms with E-state index in [1.54, 1.807) is 12.1 Å². The second-order valence-corrected chi connectivity index (χ2v) is 7.69. The van der Waals surface area contributed by atoms with Crippen LogP contribution in [0.1, 0.15) is 17.9 Å². The van der Waals surface area contributed by atoms with Crippen molar-refractivity contribution < 1.29 is 13.2 Å². The molecule has 0 saturated carbocycles. The lowest BCUT2D eigenvalue weighted by Crippen LogP contribution is -2.40. The number of sulfone groups is 1. The second kappa shape index (κ2) is 5.05. The molecule has 19 heavy (non-hydrogen) atoms. The van der Waals surface area contributed by atoms with E-state index in [2.05, 4.69) is 5.32 Å². The molecule has 6 heteroatoms. The molecule has 2 heterocycles. The fourth-order valence-corrected chi connectivity index (χ4v) is 4.52. The number of hydrogen-bond acceptors (Lipinski definition) is 4. The Kier molecular flexibility index (Phi) is 3.55. The highest BCUT2D eigenvalue weighted by Gasteiger charge is 2.35. The Morgan fingerprint density at radius 3 is 2.63 bits per heavy atom. The molecule has 0 aliphatic carbocycles. The molecule has 3 rings (SSSR count). The summed E-state index contributed by atoms with van der Waals surface area (Å²) in [4.78, 5) is 0.233. The fraction of sp³-hybridized carbons (Fsp3) is 0.538. The van der Waals surface area contributed by atoms with E-state index in [-0.39, 0.29) is 18.1 Å². The predicted molar refractivity (Wildman–Crippen MR) is 73.5 cm³/mol. The molecular weight excluding hydrogens is 286 g/mol. The fourth-order valence-electron chi connectivity index (χ4n) is 2.51. The van der Waals surface area contributed by atoms with Gasteiger partial charge in [-0.3, -0.25) is 0 Å². The van der Waals surface area contributed by atoms with Gasteiger partial charge in [-0.2, -0.15) is 0 Å². The lowest BCUT2D eigenvalue weighted by Gasteiger charge is -2.26. The number of ether oxygens (including phenoxy) is 1. The molecule has 4 nitrogen and oxygen atoms in total. The molecule has 0 bridgehead atoms. The average Bonchev–Trinajstić information content (AvgIpc) is 2.78. The zero-order valence-electron chi connectivity index (χ0n) is 10.4. The number of halogens is 1. The zero-order chi connectivity index (χ0) is 13.5. The molecule has 2 aliphatic heterocycles. The summed E-state index contributed by atoms with van der Waals surface area (Å²) in [6.45, 7) is 2.47. The van der Waals surface area contributed by atoms with Gasteiger partial charge < -0.3 is 10.1 Å². The van der Waals surface area contributed by atoms with Crippen molar-refractivity contribution in [1.29, 1.82) is 0 Å². The van der Waals surface area contributed by atoms with Crippen molar-refractivity contribution in [1.82, 2.24) is 5.32 Å². The Bertz CT molecular complexity index is 578. The van der Waals surface area contributed by atoms with Gasteiger partial charge in [0.05, 0.1) is 23.1 Å². The maximum absolute atomic E-state index is 12.3. The van der Waals surface area contributed by atoms with E-state index in [1.165, 1.54) is 0 Å². The molecule has 0 aromatic heterocycles. The van der Waals surface area contributed by atoms with Crippen LogP contribution in [0.2, 0.25) is 5.02 Å². The van der Waals surface area contributed by atoms with Gasteiger partial charge in [0, 0.05) is 6.54 Å². The maximum Gasteiger partial charge on any atom is 0.187 e. The minimum absolute atomic E-state index is 0.233. The summed E-state index contributed by atoms with van der Waals surface area (Å²) in [6, 6.07) is 5.32. The molecule has 1 unspecified atom stereocenters. The monoisotopic (exact) mass is 301 g/mol.